The SMILES string of the molecule is CCNC(=O)Nc1cc(-c2nc(-c3cnn(C)c3)cs2)c(-c2cncc(-c3n[nH]c(=O)o3)n2)cn1. The molecule has 176 valence electrons. The average Bonchev–Trinajstić information content (AvgIpc) is 3.60. The molecule has 5 rings (SSSR count). The summed E-state index contributed by atoms with van der Waals surface area (Å²) < 4.78 is 6.71. The lowest BCUT2D eigenvalue weighted by molar-refractivity contribution is 0.252. The summed E-state index contributed by atoms with van der Waals surface area (Å²) in [4.78, 5) is 41.3. The second kappa shape index (κ2) is 9.26. The number of aryl methyl sites for hydroxylation is 1. The van der Waals surface area contributed by atoms with Crippen molar-refractivity contribution in [2.75, 3.05) is 11.9 Å². The molecule has 3 N–H and O–H groups in total. The highest BCUT2D eigenvalue weighted by molar-refractivity contribution is 7.13. The van der Waals surface area contributed by atoms with Gasteiger partial charge < -0.3 is 9.73 Å². The number of H-pyrrole nitrogens is 1. The number of nitrogens with one attached hydrogen (secondary N) is 3. The second-order valence-corrected chi connectivity index (χ2v) is 8.11. The molecule has 2 amide bonds. The van der Waals surface area contributed by atoms with Crippen molar-refractivity contribution < 1.29 is 9.21 Å². The van der Waals surface area contributed by atoms with E-state index in [0.29, 0.717) is 34.2 Å². The fourth-order valence-corrected chi connectivity index (χ4v) is 4.11. The van der Waals surface area contributed by atoms with E-state index in [0.717, 1.165) is 11.3 Å². The maximum Gasteiger partial charge on any atom is 0.434 e. The third-order valence-electron chi connectivity index (χ3n) is 4.79. The lowest BCUT2D eigenvalue weighted by Crippen LogP contribution is -2.28. The van der Waals surface area contributed by atoms with E-state index in [9.17, 15) is 9.59 Å². The smallest absolute Gasteiger partial charge is 0.386 e. The van der Waals surface area contributed by atoms with Crippen molar-refractivity contribution in [3.05, 3.63) is 53.0 Å². The maximum absolute atomic E-state index is 12.1. The van der Waals surface area contributed by atoms with Crippen LogP contribution in [0.4, 0.5) is 10.6 Å². The van der Waals surface area contributed by atoms with Gasteiger partial charge in [0.1, 0.15) is 16.5 Å². The molecule has 0 spiro atoms. The number of aromatic nitrogens is 8. The molecule has 0 saturated carbocycles. The van der Waals surface area contributed by atoms with Gasteiger partial charge >= 0.3 is 11.8 Å². The first-order valence-electron chi connectivity index (χ1n) is 10.4. The van der Waals surface area contributed by atoms with Crippen LogP contribution in [0.1, 0.15) is 6.92 Å². The third-order valence-corrected chi connectivity index (χ3v) is 5.66. The van der Waals surface area contributed by atoms with Gasteiger partial charge in [-0.1, -0.05) is 0 Å². The molecule has 5 heterocycles. The van der Waals surface area contributed by atoms with E-state index >= 15 is 0 Å². The van der Waals surface area contributed by atoms with Crippen LogP contribution in [-0.4, -0.2) is 52.5 Å². The number of anilines is 1. The zero-order chi connectivity index (χ0) is 24.4. The summed E-state index contributed by atoms with van der Waals surface area (Å²) >= 11 is 1.43. The molecule has 0 unspecified atom stereocenters. The number of hydrogen-bond donors (Lipinski definition) is 3. The molecule has 0 aromatic carbocycles. The molecule has 14 heteroatoms. The Morgan fingerprint density at radius 2 is 2.00 bits per heavy atom. The van der Waals surface area contributed by atoms with E-state index in [1.807, 2.05) is 25.5 Å². The van der Waals surface area contributed by atoms with Crippen molar-refractivity contribution in [1.82, 2.24) is 45.2 Å². The third kappa shape index (κ3) is 4.67. The lowest BCUT2D eigenvalue weighted by atomic mass is 10.1. The van der Waals surface area contributed by atoms with E-state index < -0.39 is 5.76 Å². The van der Waals surface area contributed by atoms with Gasteiger partial charge in [-0.05, 0) is 13.0 Å². The number of rotatable bonds is 6. The van der Waals surface area contributed by atoms with E-state index in [2.05, 4.69) is 40.9 Å². The van der Waals surface area contributed by atoms with Crippen molar-refractivity contribution in [3.8, 4) is 44.7 Å². The first-order chi connectivity index (χ1) is 17.0. The van der Waals surface area contributed by atoms with E-state index in [1.54, 1.807) is 29.3 Å². The number of pyridine rings is 1. The molecule has 0 aliphatic heterocycles. The molecule has 0 fully saturated rings. The number of aromatic amines is 1. The highest BCUT2D eigenvalue weighted by Crippen LogP contribution is 2.36. The van der Waals surface area contributed by atoms with Crippen LogP contribution in [0.2, 0.25) is 0 Å². The zero-order valence-corrected chi connectivity index (χ0v) is 19.3. The molecular formula is C21H18N10O3S. The molecule has 0 bridgehead atoms. The average molecular weight is 491 g/mol. The summed E-state index contributed by atoms with van der Waals surface area (Å²) in [6.07, 6.45) is 8.18. The Balaban J connectivity index is 1.59. The van der Waals surface area contributed by atoms with Crippen LogP contribution in [0.25, 0.3) is 44.7 Å². The quantitative estimate of drug-likeness (QED) is 0.324. The minimum absolute atomic E-state index is 0.0153. The fraction of sp³-hybridized carbons (Fsp3) is 0.143. The molecule has 35 heavy (non-hydrogen) atoms. The number of thiazole rings is 1. The molecule has 0 atom stereocenters. The predicted octanol–water partition coefficient (Wildman–Crippen LogP) is 2.55. The van der Waals surface area contributed by atoms with Gasteiger partial charge in [0, 0.05) is 48.1 Å². The van der Waals surface area contributed by atoms with Crippen molar-refractivity contribution in [2.45, 2.75) is 6.92 Å². The van der Waals surface area contributed by atoms with Crippen LogP contribution in [0.3, 0.4) is 0 Å². The second-order valence-electron chi connectivity index (χ2n) is 7.25. The van der Waals surface area contributed by atoms with Crippen LogP contribution in [0.15, 0.2) is 51.6 Å². The van der Waals surface area contributed by atoms with Crippen molar-refractivity contribution >= 4 is 23.2 Å². The van der Waals surface area contributed by atoms with Gasteiger partial charge in [-0.2, -0.15) is 5.10 Å². The molecule has 5 aromatic heterocycles. The Morgan fingerprint density at radius 3 is 2.74 bits per heavy atom. The van der Waals surface area contributed by atoms with Crippen LogP contribution in [0, 0.1) is 0 Å². The minimum atomic E-state index is -0.693. The number of urea groups is 1. The molecular weight excluding hydrogens is 472 g/mol. The van der Waals surface area contributed by atoms with E-state index in [4.69, 9.17) is 9.40 Å². The Morgan fingerprint density at radius 1 is 1.14 bits per heavy atom. The number of amides is 2. The molecule has 0 saturated heterocycles. The molecule has 0 aliphatic rings. The number of carbonyl (C=O) groups excluding carboxylic acids is 1. The van der Waals surface area contributed by atoms with Gasteiger partial charge in [-0.25, -0.2) is 29.6 Å². The summed E-state index contributed by atoms with van der Waals surface area (Å²) in [5.41, 5.74) is 3.66. The van der Waals surface area contributed by atoms with Crippen LogP contribution in [-0.2, 0) is 7.05 Å². The standard InChI is InChI=1S/C21H18N10O3S/c1-3-23-20(32)28-17-4-12(19-27-16(10-35-19)11-5-25-31(2)9-11)13(6-24-17)14-7-22-8-15(26-14)18-29-30-21(33)34-18/h4-10H,3H2,1-2H3,(H,30,33)(H2,23,24,28,32). The van der Waals surface area contributed by atoms with Gasteiger partial charge in [0.15, 0.2) is 0 Å². The molecule has 0 radical (unpaired) electrons. The summed E-state index contributed by atoms with van der Waals surface area (Å²) in [6, 6.07) is 1.35. The zero-order valence-electron chi connectivity index (χ0n) is 18.5. The summed E-state index contributed by atoms with van der Waals surface area (Å²) in [5, 5.41) is 18.2. The van der Waals surface area contributed by atoms with Crippen LogP contribution >= 0.6 is 11.3 Å². The largest absolute Gasteiger partial charge is 0.434 e. The minimum Gasteiger partial charge on any atom is -0.386 e. The number of carbonyl (C=O) groups is 1. The summed E-state index contributed by atoms with van der Waals surface area (Å²) in [6.45, 7) is 2.30. The van der Waals surface area contributed by atoms with E-state index in [1.165, 1.54) is 17.5 Å². The first kappa shape index (κ1) is 22.1. The summed E-state index contributed by atoms with van der Waals surface area (Å²) in [5.74, 6) is -0.335. The number of nitrogens with zero attached hydrogens (tertiary/aromatic N) is 7. The summed E-state index contributed by atoms with van der Waals surface area (Å²) in [7, 11) is 1.84. The highest BCUT2D eigenvalue weighted by Gasteiger charge is 2.18. The Labute approximate surface area is 201 Å². The van der Waals surface area contributed by atoms with Crippen molar-refractivity contribution in [3.63, 3.8) is 0 Å². The Hall–Kier alpha value is -4.72. The first-order valence-corrected chi connectivity index (χ1v) is 11.3. The Bertz CT molecular complexity index is 1570. The van der Waals surface area contributed by atoms with Gasteiger partial charge in [0.05, 0.1) is 30.0 Å². The highest BCUT2D eigenvalue weighted by atomic mass is 32.1. The molecule has 0 aliphatic carbocycles. The normalized spacial score (nSPS) is 10.9. The lowest BCUT2D eigenvalue weighted by Gasteiger charge is -2.10. The van der Waals surface area contributed by atoms with Crippen molar-refractivity contribution in [2.24, 2.45) is 7.05 Å². The van der Waals surface area contributed by atoms with E-state index in [-0.39, 0.29) is 17.6 Å². The van der Waals surface area contributed by atoms with Crippen LogP contribution < -0.4 is 16.4 Å². The van der Waals surface area contributed by atoms with Crippen molar-refractivity contribution in [1.29, 1.82) is 0 Å². The van der Waals surface area contributed by atoms with Gasteiger partial charge in [0.25, 0.3) is 5.89 Å². The van der Waals surface area contributed by atoms with Crippen LogP contribution in [0.5, 0.6) is 0 Å². The van der Waals surface area contributed by atoms with Gasteiger partial charge in [-0.15, -0.1) is 16.4 Å². The topological polar surface area (TPSA) is 169 Å². The maximum atomic E-state index is 12.1. The number of hydrogen-bond acceptors (Lipinski definition) is 10. The predicted molar refractivity (Wildman–Crippen MR) is 127 cm³/mol. The molecule has 5 aromatic rings. The van der Waals surface area contributed by atoms with Gasteiger partial charge in [-0.3, -0.25) is 15.0 Å². The molecule has 13 nitrogen and oxygen atoms in total. The Kier molecular flexibility index (Phi) is 5.85. The fourth-order valence-electron chi connectivity index (χ4n) is 3.25. The monoisotopic (exact) mass is 490 g/mol. The van der Waals surface area contributed by atoms with Gasteiger partial charge in [0.2, 0.25) is 0 Å².